The van der Waals surface area contributed by atoms with Gasteiger partial charge in [-0.15, -0.1) is 0 Å². The maximum Gasteiger partial charge on any atom is 0.319 e. The molecule has 0 aromatic heterocycles. The molecule has 1 saturated heterocycles. The van der Waals surface area contributed by atoms with E-state index < -0.39 is 0 Å². The summed E-state index contributed by atoms with van der Waals surface area (Å²) in [5, 5.41) is 6.01. The number of benzene rings is 1. The lowest BCUT2D eigenvalue weighted by Gasteiger charge is -2.27. The summed E-state index contributed by atoms with van der Waals surface area (Å²) in [6.07, 6.45) is 2.12. The van der Waals surface area contributed by atoms with Crippen LogP contribution in [0.15, 0.2) is 18.2 Å². The molecule has 0 aliphatic carbocycles. The molecule has 3 N–H and O–H groups in total. The van der Waals surface area contributed by atoms with Crippen LogP contribution in [-0.4, -0.2) is 32.2 Å². The monoisotopic (exact) mass is 262 g/mol. The standard InChI is InChI=1S/C15H23N3O/c1-11-4-5-14(12(2)10-11)17-15(19)16-13-6-8-18(3)9-7-13/h4-5,10,13H,6-9H2,1-3H3,(H2,16,17,19)/p+1. The SMILES string of the molecule is Cc1ccc(NC(=O)NC2CC[NH+](C)CC2)c(C)c1. The van der Waals surface area contributed by atoms with Crippen LogP contribution >= 0.6 is 0 Å². The first kappa shape index (κ1) is 13.9. The molecular weight excluding hydrogens is 238 g/mol. The summed E-state index contributed by atoms with van der Waals surface area (Å²) in [6, 6.07) is 6.28. The number of likely N-dealkylation sites (tertiary alicyclic amines) is 1. The molecule has 2 amide bonds. The predicted octanol–water partition coefficient (Wildman–Crippen LogP) is 1.10. The number of urea groups is 1. The van der Waals surface area contributed by atoms with E-state index in [4.69, 9.17) is 0 Å². The second-order valence-electron chi connectivity index (χ2n) is 5.65. The molecule has 2 rings (SSSR count). The van der Waals surface area contributed by atoms with Crippen LogP contribution in [0.2, 0.25) is 0 Å². The summed E-state index contributed by atoms with van der Waals surface area (Å²) in [7, 11) is 2.20. The average Bonchev–Trinajstić information content (AvgIpc) is 2.36. The van der Waals surface area contributed by atoms with E-state index in [2.05, 4.69) is 30.7 Å². The highest BCUT2D eigenvalue weighted by molar-refractivity contribution is 5.90. The van der Waals surface area contributed by atoms with Crippen molar-refractivity contribution < 1.29 is 9.69 Å². The van der Waals surface area contributed by atoms with E-state index in [-0.39, 0.29) is 6.03 Å². The highest BCUT2D eigenvalue weighted by atomic mass is 16.2. The molecule has 1 aliphatic heterocycles. The zero-order chi connectivity index (χ0) is 13.8. The van der Waals surface area contributed by atoms with Crippen LogP contribution in [0.3, 0.4) is 0 Å². The summed E-state index contributed by atoms with van der Waals surface area (Å²) < 4.78 is 0. The first-order valence-corrected chi connectivity index (χ1v) is 7.00. The number of hydrogen-bond donors (Lipinski definition) is 3. The van der Waals surface area contributed by atoms with Crippen molar-refractivity contribution in [3.05, 3.63) is 29.3 Å². The zero-order valence-corrected chi connectivity index (χ0v) is 12.0. The van der Waals surface area contributed by atoms with Gasteiger partial charge in [-0.2, -0.15) is 0 Å². The Morgan fingerprint density at radius 3 is 2.58 bits per heavy atom. The average molecular weight is 262 g/mol. The van der Waals surface area contributed by atoms with Gasteiger partial charge in [0, 0.05) is 24.6 Å². The molecule has 0 spiro atoms. The number of hydrogen-bond acceptors (Lipinski definition) is 1. The number of quaternary nitrogens is 1. The summed E-state index contributed by atoms with van der Waals surface area (Å²) in [5.41, 5.74) is 3.20. The third-order valence-corrected chi connectivity index (χ3v) is 3.80. The number of anilines is 1. The normalized spacial score (nSPS) is 22.9. The number of amides is 2. The van der Waals surface area contributed by atoms with Crippen LogP contribution in [0.1, 0.15) is 24.0 Å². The fourth-order valence-electron chi connectivity index (χ4n) is 2.55. The van der Waals surface area contributed by atoms with Crippen molar-refractivity contribution in [3.63, 3.8) is 0 Å². The number of rotatable bonds is 2. The smallest absolute Gasteiger partial charge is 0.319 e. The topological polar surface area (TPSA) is 45.6 Å². The number of nitrogens with one attached hydrogen (secondary N) is 3. The van der Waals surface area contributed by atoms with E-state index in [0.717, 1.165) is 37.2 Å². The molecule has 0 atom stereocenters. The summed E-state index contributed by atoms with van der Waals surface area (Å²) in [6.45, 7) is 6.34. The molecule has 0 bridgehead atoms. The van der Waals surface area contributed by atoms with Gasteiger partial charge in [0.2, 0.25) is 0 Å². The first-order chi connectivity index (χ1) is 9.04. The van der Waals surface area contributed by atoms with E-state index in [0.29, 0.717) is 6.04 Å². The molecule has 19 heavy (non-hydrogen) atoms. The molecule has 0 saturated carbocycles. The molecule has 1 aliphatic rings. The van der Waals surface area contributed by atoms with Crippen molar-refractivity contribution in [1.82, 2.24) is 5.32 Å². The molecule has 0 radical (unpaired) electrons. The van der Waals surface area contributed by atoms with E-state index in [9.17, 15) is 4.79 Å². The van der Waals surface area contributed by atoms with E-state index in [1.807, 2.05) is 19.1 Å². The van der Waals surface area contributed by atoms with Gasteiger partial charge in [0.05, 0.1) is 20.1 Å². The number of carbonyl (C=O) groups excluding carboxylic acids is 1. The van der Waals surface area contributed by atoms with Gasteiger partial charge >= 0.3 is 6.03 Å². The first-order valence-electron chi connectivity index (χ1n) is 7.00. The van der Waals surface area contributed by atoms with Crippen LogP contribution in [0.5, 0.6) is 0 Å². The van der Waals surface area contributed by atoms with Gasteiger partial charge in [-0.1, -0.05) is 17.7 Å². The third kappa shape index (κ3) is 3.96. The fourth-order valence-corrected chi connectivity index (χ4v) is 2.55. The predicted molar refractivity (Wildman–Crippen MR) is 77.7 cm³/mol. The van der Waals surface area contributed by atoms with Gasteiger partial charge in [-0.25, -0.2) is 4.79 Å². The summed E-state index contributed by atoms with van der Waals surface area (Å²) in [5.74, 6) is 0. The number of carbonyl (C=O) groups is 1. The van der Waals surface area contributed by atoms with Gasteiger partial charge in [0.15, 0.2) is 0 Å². The second kappa shape index (κ2) is 6.06. The highest BCUT2D eigenvalue weighted by Crippen LogP contribution is 2.15. The van der Waals surface area contributed by atoms with Gasteiger partial charge in [0.25, 0.3) is 0 Å². The van der Waals surface area contributed by atoms with E-state index >= 15 is 0 Å². The lowest BCUT2D eigenvalue weighted by atomic mass is 10.1. The van der Waals surface area contributed by atoms with Gasteiger partial charge in [-0.05, 0) is 25.5 Å². The lowest BCUT2D eigenvalue weighted by molar-refractivity contribution is -0.884. The molecular formula is C15H24N3O+. The maximum absolute atomic E-state index is 12.0. The minimum atomic E-state index is -0.0866. The van der Waals surface area contributed by atoms with Crippen molar-refractivity contribution in [2.75, 3.05) is 25.5 Å². The zero-order valence-electron chi connectivity index (χ0n) is 12.0. The summed E-state index contributed by atoms with van der Waals surface area (Å²) >= 11 is 0. The van der Waals surface area contributed by atoms with Gasteiger partial charge in [0.1, 0.15) is 0 Å². The molecule has 1 aromatic rings. The molecule has 104 valence electrons. The van der Waals surface area contributed by atoms with Crippen LogP contribution in [-0.2, 0) is 0 Å². The van der Waals surface area contributed by atoms with Gasteiger partial charge in [-0.3, -0.25) is 0 Å². The Morgan fingerprint density at radius 2 is 1.95 bits per heavy atom. The minimum Gasteiger partial charge on any atom is -0.337 e. The molecule has 4 heteroatoms. The molecule has 1 fully saturated rings. The Kier molecular flexibility index (Phi) is 4.43. The van der Waals surface area contributed by atoms with Crippen molar-refractivity contribution in [3.8, 4) is 0 Å². The quantitative estimate of drug-likeness (QED) is 0.734. The van der Waals surface area contributed by atoms with Crippen molar-refractivity contribution in [2.45, 2.75) is 32.7 Å². The van der Waals surface area contributed by atoms with Crippen molar-refractivity contribution in [1.29, 1.82) is 0 Å². The van der Waals surface area contributed by atoms with Crippen LogP contribution in [0, 0.1) is 13.8 Å². The highest BCUT2D eigenvalue weighted by Gasteiger charge is 2.20. The molecule has 1 aromatic carbocycles. The Balaban J connectivity index is 1.87. The second-order valence-corrected chi connectivity index (χ2v) is 5.65. The van der Waals surface area contributed by atoms with Crippen LogP contribution < -0.4 is 15.5 Å². The molecule has 0 unspecified atom stereocenters. The Labute approximate surface area is 115 Å². The number of aryl methyl sites for hydroxylation is 2. The van der Waals surface area contributed by atoms with E-state index in [1.165, 1.54) is 5.56 Å². The third-order valence-electron chi connectivity index (χ3n) is 3.80. The van der Waals surface area contributed by atoms with Crippen molar-refractivity contribution in [2.24, 2.45) is 0 Å². The Morgan fingerprint density at radius 1 is 1.26 bits per heavy atom. The lowest BCUT2D eigenvalue weighted by Crippen LogP contribution is -3.10. The number of piperidine rings is 1. The molecule has 4 nitrogen and oxygen atoms in total. The van der Waals surface area contributed by atoms with Gasteiger partial charge < -0.3 is 15.5 Å². The van der Waals surface area contributed by atoms with E-state index in [1.54, 1.807) is 4.90 Å². The Bertz CT molecular complexity index is 451. The molecule has 1 heterocycles. The van der Waals surface area contributed by atoms with Crippen LogP contribution in [0.4, 0.5) is 10.5 Å². The maximum atomic E-state index is 12.0. The Hall–Kier alpha value is -1.55. The van der Waals surface area contributed by atoms with Crippen LogP contribution in [0.25, 0.3) is 0 Å². The largest absolute Gasteiger partial charge is 0.337 e. The van der Waals surface area contributed by atoms with Crippen molar-refractivity contribution >= 4 is 11.7 Å². The fraction of sp³-hybridized carbons (Fsp3) is 0.533. The summed E-state index contributed by atoms with van der Waals surface area (Å²) in [4.78, 5) is 13.5. The minimum absolute atomic E-state index is 0.0866.